The standard InChI is InChI=1S/C9H18N2O2S/c1-6(9(12)13)5-14-7(2)4-11-8(3)10/h6-7H,4-5H2,1-3H3,(H2,10,11)(H,12,13)/t6-,7+/m1/s1. The summed E-state index contributed by atoms with van der Waals surface area (Å²) in [5, 5.41) is 19.1. The molecule has 82 valence electrons. The second-order valence-electron chi connectivity index (χ2n) is 3.39. The van der Waals surface area contributed by atoms with Crippen LogP contribution in [0.1, 0.15) is 20.8 Å². The zero-order valence-corrected chi connectivity index (χ0v) is 9.65. The first-order chi connectivity index (χ1) is 6.43. The molecule has 4 nitrogen and oxygen atoms in total. The van der Waals surface area contributed by atoms with Gasteiger partial charge in [-0.2, -0.15) is 11.8 Å². The Hall–Kier alpha value is -0.710. The average Bonchev–Trinajstić information content (AvgIpc) is 2.10. The highest BCUT2D eigenvalue weighted by atomic mass is 32.2. The van der Waals surface area contributed by atoms with Gasteiger partial charge in [0, 0.05) is 17.5 Å². The molecule has 0 heterocycles. The molecule has 0 aliphatic rings. The Labute approximate surface area is 89.0 Å². The summed E-state index contributed by atoms with van der Waals surface area (Å²) in [7, 11) is 0. The van der Waals surface area contributed by atoms with Crippen LogP contribution in [0.4, 0.5) is 0 Å². The average molecular weight is 218 g/mol. The van der Waals surface area contributed by atoms with E-state index in [4.69, 9.17) is 10.5 Å². The molecule has 3 N–H and O–H groups in total. The van der Waals surface area contributed by atoms with Crippen LogP contribution >= 0.6 is 11.8 Å². The van der Waals surface area contributed by atoms with Crippen LogP contribution < -0.4 is 5.32 Å². The number of hydrogen-bond acceptors (Lipinski definition) is 3. The normalized spacial score (nSPS) is 14.5. The molecule has 0 radical (unpaired) electrons. The van der Waals surface area contributed by atoms with E-state index in [2.05, 4.69) is 5.32 Å². The monoisotopic (exact) mass is 218 g/mol. The second-order valence-corrected chi connectivity index (χ2v) is 4.86. The molecule has 0 bridgehead atoms. The smallest absolute Gasteiger partial charge is 0.307 e. The van der Waals surface area contributed by atoms with Crippen molar-refractivity contribution in [2.45, 2.75) is 26.0 Å². The van der Waals surface area contributed by atoms with E-state index in [0.29, 0.717) is 23.4 Å². The first-order valence-electron chi connectivity index (χ1n) is 4.57. The lowest BCUT2D eigenvalue weighted by atomic mass is 10.2. The summed E-state index contributed by atoms with van der Waals surface area (Å²) in [4.78, 5) is 10.5. The number of carboxylic acid groups (broad SMARTS) is 1. The lowest BCUT2D eigenvalue weighted by molar-refractivity contribution is -0.140. The van der Waals surface area contributed by atoms with Gasteiger partial charge >= 0.3 is 5.97 Å². The van der Waals surface area contributed by atoms with Crippen LogP contribution in [0.5, 0.6) is 0 Å². The van der Waals surface area contributed by atoms with E-state index in [1.807, 2.05) is 6.92 Å². The van der Waals surface area contributed by atoms with E-state index in [-0.39, 0.29) is 5.92 Å². The molecule has 14 heavy (non-hydrogen) atoms. The molecule has 2 atom stereocenters. The van der Waals surface area contributed by atoms with Crippen molar-refractivity contribution in [1.82, 2.24) is 5.32 Å². The van der Waals surface area contributed by atoms with Gasteiger partial charge in [0.1, 0.15) is 0 Å². The molecule has 0 unspecified atom stereocenters. The number of aliphatic carboxylic acids is 1. The Kier molecular flexibility index (Phi) is 6.36. The molecular weight excluding hydrogens is 200 g/mol. The van der Waals surface area contributed by atoms with E-state index in [1.165, 1.54) is 0 Å². The van der Waals surface area contributed by atoms with Gasteiger partial charge < -0.3 is 10.4 Å². The third-order valence-electron chi connectivity index (χ3n) is 1.71. The molecule has 0 aromatic heterocycles. The predicted octanol–water partition coefficient (Wildman–Crippen LogP) is 1.42. The van der Waals surface area contributed by atoms with Crippen molar-refractivity contribution >= 4 is 23.6 Å². The fraction of sp³-hybridized carbons (Fsp3) is 0.778. The lowest BCUT2D eigenvalue weighted by Gasteiger charge is -2.13. The third kappa shape index (κ3) is 6.77. The topological polar surface area (TPSA) is 73.2 Å². The molecule has 0 fully saturated rings. The van der Waals surface area contributed by atoms with Crippen molar-refractivity contribution in [3.63, 3.8) is 0 Å². The van der Waals surface area contributed by atoms with Crippen molar-refractivity contribution in [3.8, 4) is 0 Å². The SMILES string of the molecule is CC(=N)NC[C@H](C)SC[C@@H](C)C(=O)O. The molecule has 5 heteroatoms. The molecule has 0 saturated carbocycles. The number of nitrogens with one attached hydrogen (secondary N) is 2. The first kappa shape index (κ1) is 13.3. The highest BCUT2D eigenvalue weighted by Gasteiger charge is 2.12. The molecule has 0 spiro atoms. The van der Waals surface area contributed by atoms with E-state index in [9.17, 15) is 4.79 Å². The number of carboxylic acids is 1. The Morgan fingerprint density at radius 2 is 2.14 bits per heavy atom. The van der Waals surface area contributed by atoms with E-state index >= 15 is 0 Å². The number of thioether (sulfide) groups is 1. The predicted molar refractivity (Wildman–Crippen MR) is 60.1 cm³/mol. The van der Waals surface area contributed by atoms with E-state index < -0.39 is 5.97 Å². The maximum Gasteiger partial charge on any atom is 0.307 e. The van der Waals surface area contributed by atoms with Gasteiger partial charge in [0.15, 0.2) is 0 Å². The summed E-state index contributed by atoms with van der Waals surface area (Å²) in [5.74, 6) is 0.0167. The molecule has 0 rings (SSSR count). The highest BCUT2D eigenvalue weighted by Crippen LogP contribution is 2.14. The number of amidine groups is 1. The van der Waals surface area contributed by atoms with Crippen molar-refractivity contribution in [2.75, 3.05) is 12.3 Å². The molecule has 0 aliphatic carbocycles. The largest absolute Gasteiger partial charge is 0.481 e. The van der Waals surface area contributed by atoms with Crippen molar-refractivity contribution in [1.29, 1.82) is 5.41 Å². The summed E-state index contributed by atoms with van der Waals surface area (Å²) in [6, 6.07) is 0. The Morgan fingerprint density at radius 3 is 2.57 bits per heavy atom. The third-order valence-corrected chi connectivity index (χ3v) is 3.14. The minimum Gasteiger partial charge on any atom is -0.481 e. The summed E-state index contributed by atoms with van der Waals surface area (Å²) in [6.45, 7) is 6.14. The molecule has 0 aromatic rings. The van der Waals surface area contributed by atoms with Gasteiger partial charge in [0.25, 0.3) is 0 Å². The van der Waals surface area contributed by atoms with Gasteiger partial charge in [0.2, 0.25) is 0 Å². The number of carbonyl (C=O) groups is 1. The van der Waals surface area contributed by atoms with Crippen LogP contribution in [-0.2, 0) is 4.79 Å². The number of hydrogen-bond donors (Lipinski definition) is 3. The minimum absolute atomic E-state index is 0.302. The van der Waals surface area contributed by atoms with Gasteiger partial charge in [0.05, 0.1) is 11.8 Å². The molecule has 0 aromatic carbocycles. The van der Waals surface area contributed by atoms with Crippen LogP contribution in [0.2, 0.25) is 0 Å². The minimum atomic E-state index is -0.749. The lowest BCUT2D eigenvalue weighted by Crippen LogP contribution is -2.27. The second kappa shape index (κ2) is 6.70. The Morgan fingerprint density at radius 1 is 1.57 bits per heavy atom. The summed E-state index contributed by atoms with van der Waals surface area (Å²) < 4.78 is 0. The number of rotatable bonds is 6. The summed E-state index contributed by atoms with van der Waals surface area (Å²) >= 11 is 1.61. The van der Waals surface area contributed by atoms with Crippen LogP contribution in [0.3, 0.4) is 0 Å². The molecule has 0 aliphatic heterocycles. The van der Waals surface area contributed by atoms with E-state index in [1.54, 1.807) is 25.6 Å². The van der Waals surface area contributed by atoms with Crippen molar-refractivity contribution in [2.24, 2.45) is 5.92 Å². The van der Waals surface area contributed by atoms with Gasteiger partial charge in [-0.25, -0.2) is 0 Å². The van der Waals surface area contributed by atoms with Gasteiger partial charge in [-0.05, 0) is 6.92 Å². The zero-order chi connectivity index (χ0) is 11.1. The van der Waals surface area contributed by atoms with Crippen molar-refractivity contribution in [3.05, 3.63) is 0 Å². The molecule has 0 amide bonds. The highest BCUT2D eigenvalue weighted by molar-refractivity contribution is 7.99. The summed E-state index contributed by atoms with van der Waals surface area (Å²) in [5.41, 5.74) is 0. The quantitative estimate of drug-likeness (QED) is 0.465. The molecular formula is C9H18N2O2S. The Balaban J connectivity index is 3.58. The fourth-order valence-electron chi connectivity index (χ4n) is 0.736. The first-order valence-corrected chi connectivity index (χ1v) is 5.61. The van der Waals surface area contributed by atoms with Crippen LogP contribution in [0.15, 0.2) is 0 Å². The molecule has 0 saturated heterocycles. The van der Waals surface area contributed by atoms with Crippen LogP contribution in [-0.4, -0.2) is 34.5 Å². The van der Waals surface area contributed by atoms with Gasteiger partial charge in [-0.15, -0.1) is 0 Å². The fourth-order valence-corrected chi connectivity index (χ4v) is 1.70. The maximum atomic E-state index is 10.5. The maximum absolute atomic E-state index is 10.5. The van der Waals surface area contributed by atoms with Crippen LogP contribution in [0.25, 0.3) is 0 Å². The van der Waals surface area contributed by atoms with E-state index in [0.717, 1.165) is 0 Å². The van der Waals surface area contributed by atoms with Crippen molar-refractivity contribution < 1.29 is 9.90 Å². The zero-order valence-electron chi connectivity index (χ0n) is 8.83. The van der Waals surface area contributed by atoms with Crippen LogP contribution in [0, 0.1) is 11.3 Å². The summed E-state index contributed by atoms with van der Waals surface area (Å²) in [6.07, 6.45) is 0. The Bertz CT molecular complexity index is 209. The van der Waals surface area contributed by atoms with Gasteiger partial charge in [-0.1, -0.05) is 13.8 Å². The van der Waals surface area contributed by atoms with Gasteiger partial charge in [-0.3, -0.25) is 10.2 Å².